The monoisotopic (exact) mass is 164 g/mol. The summed E-state index contributed by atoms with van der Waals surface area (Å²) in [7, 11) is 0. The fourth-order valence-electron chi connectivity index (χ4n) is 2.06. The third-order valence-corrected chi connectivity index (χ3v) is 3.37. The first-order valence-corrected chi connectivity index (χ1v) is 4.44. The van der Waals surface area contributed by atoms with E-state index < -0.39 is 0 Å². The van der Waals surface area contributed by atoms with Crippen LogP contribution in [0.4, 0.5) is 0 Å². The Bertz CT molecular complexity index is 122. The van der Waals surface area contributed by atoms with Gasteiger partial charge < -0.3 is 0 Å². The smallest absolute Gasteiger partial charge is 0.105 e. The highest BCUT2D eigenvalue weighted by molar-refractivity contribution is 6.44. The highest BCUT2D eigenvalue weighted by atomic mass is 35.5. The van der Waals surface area contributed by atoms with Gasteiger partial charge in [-0.15, -0.1) is 23.2 Å². The molecule has 0 aromatic carbocycles. The van der Waals surface area contributed by atoms with Gasteiger partial charge in [-0.3, -0.25) is 0 Å². The molecule has 0 nitrogen and oxygen atoms in total. The summed E-state index contributed by atoms with van der Waals surface area (Å²) in [5, 5.41) is 0. The zero-order valence-corrected chi connectivity index (χ0v) is 6.70. The van der Waals surface area contributed by atoms with Crippen LogP contribution < -0.4 is 0 Å². The van der Waals surface area contributed by atoms with E-state index in [1.54, 1.807) is 0 Å². The molecule has 2 heteroatoms. The number of alkyl halides is 2. The maximum absolute atomic E-state index is 5.77. The minimum Gasteiger partial charge on any atom is -0.105 e. The van der Waals surface area contributed by atoms with Crippen LogP contribution in [-0.4, -0.2) is 4.84 Å². The van der Waals surface area contributed by atoms with Crippen LogP contribution in [0.25, 0.3) is 0 Å². The molecule has 2 fully saturated rings. The van der Waals surface area contributed by atoms with Gasteiger partial charge >= 0.3 is 0 Å². The van der Waals surface area contributed by atoms with Gasteiger partial charge in [0.15, 0.2) is 0 Å². The Morgan fingerprint density at radius 1 is 1.22 bits per heavy atom. The van der Waals surface area contributed by atoms with E-state index in [4.69, 9.17) is 23.2 Å². The van der Waals surface area contributed by atoms with E-state index in [9.17, 15) is 0 Å². The Morgan fingerprint density at radius 2 is 2.00 bits per heavy atom. The van der Waals surface area contributed by atoms with Gasteiger partial charge in [0.05, 0.1) is 0 Å². The standard InChI is InChI=1S/C7H10Cl2/c8-7(9)5-2-1-4-3-6(4)5/h4-7H,1-3H2/t4-,5-,6+/m1/s1. The van der Waals surface area contributed by atoms with Crippen molar-refractivity contribution in [1.29, 1.82) is 0 Å². The molecule has 0 N–H and O–H groups in total. The lowest BCUT2D eigenvalue weighted by Gasteiger charge is -2.10. The van der Waals surface area contributed by atoms with E-state index in [1.165, 1.54) is 19.3 Å². The minimum atomic E-state index is -0.0949. The molecule has 2 aliphatic carbocycles. The van der Waals surface area contributed by atoms with Crippen LogP contribution in [0, 0.1) is 17.8 Å². The summed E-state index contributed by atoms with van der Waals surface area (Å²) in [5.74, 6) is 2.55. The first kappa shape index (κ1) is 6.30. The Kier molecular flexibility index (Phi) is 1.42. The normalized spacial score (nSPS) is 47.7. The molecule has 52 valence electrons. The van der Waals surface area contributed by atoms with Gasteiger partial charge in [-0.2, -0.15) is 0 Å². The fraction of sp³-hybridized carbons (Fsp3) is 1.00. The average molecular weight is 165 g/mol. The SMILES string of the molecule is ClC(Cl)[C@@H]1CC[C@@H]2C[C@@H]21. The third kappa shape index (κ3) is 0.969. The first-order chi connectivity index (χ1) is 4.29. The number of hydrogen-bond donors (Lipinski definition) is 0. The molecule has 0 heterocycles. The first-order valence-electron chi connectivity index (χ1n) is 3.57. The van der Waals surface area contributed by atoms with Crippen LogP contribution in [0.2, 0.25) is 0 Å². The lowest BCUT2D eigenvalue weighted by molar-refractivity contribution is 0.514. The van der Waals surface area contributed by atoms with Crippen LogP contribution in [0.15, 0.2) is 0 Å². The van der Waals surface area contributed by atoms with Gasteiger partial charge in [0.25, 0.3) is 0 Å². The van der Waals surface area contributed by atoms with Gasteiger partial charge in [-0.05, 0) is 37.0 Å². The average Bonchev–Trinajstić information content (AvgIpc) is 2.43. The number of hydrogen-bond acceptors (Lipinski definition) is 0. The molecule has 0 bridgehead atoms. The predicted molar refractivity (Wildman–Crippen MR) is 39.8 cm³/mol. The molecule has 0 spiro atoms. The van der Waals surface area contributed by atoms with Crippen molar-refractivity contribution in [3.05, 3.63) is 0 Å². The summed E-state index contributed by atoms with van der Waals surface area (Å²) in [6.07, 6.45) is 4.05. The maximum atomic E-state index is 5.77. The summed E-state index contributed by atoms with van der Waals surface area (Å²) in [4.78, 5) is -0.0949. The quantitative estimate of drug-likeness (QED) is 0.524. The highest BCUT2D eigenvalue weighted by Gasteiger charge is 2.49. The predicted octanol–water partition coefficient (Wildman–Crippen LogP) is 2.84. The second-order valence-corrected chi connectivity index (χ2v) is 4.40. The zero-order valence-electron chi connectivity index (χ0n) is 5.19. The van der Waals surface area contributed by atoms with Crippen molar-refractivity contribution in [3.63, 3.8) is 0 Å². The number of rotatable bonds is 1. The van der Waals surface area contributed by atoms with Crippen molar-refractivity contribution >= 4 is 23.2 Å². The van der Waals surface area contributed by atoms with E-state index >= 15 is 0 Å². The molecule has 0 aliphatic heterocycles. The van der Waals surface area contributed by atoms with Crippen LogP contribution in [0.5, 0.6) is 0 Å². The van der Waals surface area contributed by atoms with Crippen LogP contribution in [-0.2, 0) is 0 Å². The summed E-state index contributed by atoms with van der Waals surface area (Å²) in [6, 6.07) is 0. The molecular formula is C7H10Cl2. The Hall–Kier alpha value is 0.580. The Morgan fingerprint density at radius 3 is 2.22 bits per heavy atom. The second-order valence-electron chi connectivity index (χ2n) is 3.24. The summed E-state index contributed by atoms with van der Waals surface area (Å²) >= 11 is 11.5. The lowest BCUT2D eigenvalue weighted by Crippen LogP contribution is -2.07. The van der Waals surface area contributed by atoms with Crippen molar-refractivity contribution in [2.75, 3.05) is 0 Å². The molecule has 0 aromatic heterocycles. The van der Waals surface area contributed by atoms with Crippen molar-refractivity contribution in [2.24, 2.45) is 17.8 Å². The topological polar surface area (TPSA) is 0 Å². The molecule has 2 saturated carbocycles. The van der Waals surface area contributed by atoms with Gasteiger partial charge in [-0.1, -0.05) is 0 Å². The molecule has 0 radical (unpaired) electrons. The molecule has 0 unspecified atom stereocenters. The highest BCUT2D eigenvalue weighted by Crippen LogP contribution is 2.57. The molecule has 9 heavy (non-hydrogen) atoms. The zero-order chi connectivity index (χ0) is 6.43. The maximum Gasteiger partial charge on any atom is 0.110 e. The summed E-state index contributed by atoms with van der Waals surface area (Å²) in [5.41, 5.74) is 0. The minimum absolute atomic E-state index is 0.0949. The van der Waals surface area contributed by atoms with Gasteiger partial charge in [0, 0.05) is 0 Å². The fourth-order valence-corrected chi connectivity index (χ4v) is 2.69. The number of fused-ring (bicyclic) bond motifs is 1. The van der Waals surface area contributed by atoms with Crippen molar-refractivity contribution < 1.29 is 0 Å². The van der Waals surface area contributed by atoms with Gasteiger partial charge in [0.2, 0.25) is 0 Å². The van der Waals surface area contributed by atoms with E-state index in [1.807, 2.05) is 0 Å². The Balaban J connectivity index is 1.98. The van der Waals surface area contributed by atoms with Crippen LogP contribution in [0.3, 0.4) is 0 Å². The third-order valence-electron chi connectivity index (χ3n) is 2.72. The summed E-state index contributed by atoms with van der Waals surface area (Å²) < 4.78 is 0. The van der Waals surface area contributed by atoms with Crippen LogP contribution in [0.1, 0.15) is 19.3 Å². The van der Waals surface area contributed by atoms with E-state index in [0.717, 1.165) is 11.8 Å². The Labute approximate surface area is 65.5 Å². The van der Waals surface area contributed by atoms with Gasteiger partial charge in [-0.25, -0.2) is 0 Å². The van der Waals surface area contributed by atoms with Crippen molar-refractivity contribution in [2.45, 2.75) is 24.1 Å². The largest absolute Gasteiger partial charge is 0.110 e. The van der Waals surface area contributed by atoms with E-state index in [-0.39, 0.29) is 4.84 Å². The molecule has 2 rings (SSSR count). The molecule has 3 atom stereocenters. The molecule has 0 saturated heterocycles. The molecular weight excluding hydrogens is 155 g/mol. The lowest BCUT2D eigenvalue weighted by atomic mass is 10.1. The van der Waals surface area contributed by atoms with Crippen molar-refractivity contribution in [3.8, 4) is 0 Å². The van der Waals surface area contributed by atoms with E-state index in [0.29, 0.717) is 5.92 Å². The molecule has 2 aliphatic rings. The molecule has 0 amide bonds. The summed E-state index contributed by atoms with van der Waals surface area (Å²) in [6.45, 7) is 0. The van der Waals surface area contributed by atoms with E-state index in [2.05, 4.69) is 0 Å². The second kappa shape index (κ2) is 2.03. The van der Waals surface area contributed by atoms with Crippen molar-refractivity contribution in [1.82, 2.24) is 0 Å². The molecule has 0 aromatic rings. The van der Waals surface area contributed by atoms with Gasteiger partial charge in [0.1, 0.15) is 4.84 Å². The van der Waals surface area contributed by atoms with Crippen LogP contribution >= 0.6 is 23.2 Å². The number of halogens is 2.